The van der Waals surface area contributed by atoms with Crippen LogP contribution in [0, 0.1) is 5.41 Å². The van der Waals surface area contributed by atoms with Gasteiger partial charge in [0.25, 0.3) is 0 Å². The van der Waals surface area contributed by atoms with Crippen LogP contribution < -0.4 is 11.1 Å². The molecule has 4 nitrogen and oxygen atoms in total. The van der Waals surface area contributed by atoms with Crippen LogP contribution in [0.3, 0.4) is 0 Å². The van der Waals surface area contributed by atoms with Crippen molar-refractivity contribution in [2.24, 2.45) is 16.3 Å². The highest BCUT2D eigenvalue weighted by Gasteiger charge is 2.22. The van der Waals surface area contributed by atoms with Gasteiger partial charge in [-0.3, -0.25) is 0 Å². The van der Waals surface area contributed by atoms with Crippen molar-refractivity contribution in [1.29, 1.82) is 0 Å². The molecule has 1 aromatic rings. The number of anilines is 1. The molecule has 0 unspecified atom stereocenters. The van der Waals surface area contributed by atoms with Gasteiger partial charge >= 0.3 is 0 Å². The van der Waals surface area contributed by atoms with Crippen LogP contribution in [-0.2, 0) is 0 Å². The number of oxime groups is 1. The maximum atomic E-state index is 8.68. The number of hydrogen-bond donors (Lipinski definition) is 3. The summed E-state index contributed by atoms with van der Waals surface area (Å²) in [4.78, 5) is 0. The van der Waals surface area contributed by atoms with E-state index < -0.39 is 0 Å². The topological polar surface area (TPSA) is 70.6 Å². The normalized spacial score (nSPS) is 12.6. The van der Waals surface area contributed by atoms with E-state index in [0.29, 0.717) is 11.6 Å². The van der Waals surface area contributed by atoms with E-state index in [-0.39, 0.29) is 11.3 Å². The predicted octanol–water partition coefficient (Wildman–Crippen LogP) is 3.68. The van der Waals surface area contributed by atoms with E-state index in [0.717, 1.165) is 16.6 Å². The molecule has 0 heterocycles. The molecule has 4 N–H and O–H groups in total. The van der Waals surface area contributed by atoms with Crippen LogP contribution in [0.4, 0.5) is 5.69 Å². The molecule has 6 heteroatoms. The van der Waals surface area contributed by atoms with Crippen molar-refractivity contribution in [3.05, 3.63) is 27.7 Å². The molecule has 100 valence electrons. The van der Waals surface area contributed by atoms with E-state index in [1.165, 1.54) is 0 Å². The summed E-state index contributed by atoms with van der Waals surface area (Å²) in [5, 5.41) is 15.6. The summed E-state index contributed by atoms with van der Waals surface area (Å²) in [7, 11) is 0. The van der Waals surface area contributed by atoms with E-state index in [2.05, 4.69) is 26.4 Å². The molecule has 0 aliphatic heterocycles. The van der Waals surface area contributed by atoms with Gasteiger partial charge in [0.2, 0.25) is 0 Å². The highest BCUT2D eigenvalue weighted by molar-refractivity contribution is 9.10. The predicted molar refractivity (Wildman–Crippen MR) is 79.4 cm³/mol. The second-order valence-electron chi connectivity index (χ2n) is 4.67. The summed E-state index contributed by atoms with van der Waals surface area (Å²) in [6.07, 6.45) is 0.728. The van der Waals surface area contributed by atoms with Gasteiger partial charge in [-0.2, -0.15) is 0 Å². The summed E-state index contributed by atoms with van der Waals surface area (Å²) in [5.41, 5.74) is 6.12. The maximum absolute atomic E-state index is 8.68. The van der Waals surface area contributed by atoms with E-state index in [4.69, 9.17) is 22.5 Å². The average Bonchev–Trinajstić information content (AvgIpc) is 2.32. The van der Waals surface area contributed by atoms with Crippen molar-refractivity contribution in [3.63, 3.8) is 0 Å². The lowest BCUT2D eigenvalue weighted by molar-refractivity contribution is 0.306. The van der Waals surface area contributed by atoms with Gasteiger partial charge in [-0.1, -0.05) is 46.5 Å². The standard InChI is InChI=1S/C12H17BrClN3O/c1-12(2,11(15)17-18)5-6-16-10-7-8(13)3-4-9(10)14/h3-4,7,16,18H,5-6H2,1-2H3,(H2,15,17). The molecule has 18 heavy (non-hydrogen) atoms. The molecule has 0 radical (unpaired) electrons. The molecule has 0 amide bonds. The lowest BCUT2D eigenvalue weighted by atomic mass is 9.88. The van der Waals surface area contributed by atoms with Crippen LogP contribution in [-0.4, -0.2) is 17.6 Å². The smallest absolute Gasteiger partial charge is 0.144 e. The molecule has 0 aromatic heterocycles. The molecule has 1 aromatic carbocycles. The van der Waals surface area contributed by atoms with Crippen LogP contribution in [0.1, 0.15) is 20.3 Å². The fourth-order valence-electron chi connectivity index (χ4n) is 1.41. The largest absolute Gasteiger partial charge is 0.409 e. The SMILES string of the molecule is CC(C)(CCNc1cc(Br)ccc1Cl)C(N)=NO. The number of amidine groups is 1. The van der Waals surface area contributed by atoms with E-state index in [1.807, 2.05) is 32.0 Å². The zero-order valence-electron chi connectivity index (χ0n) is 10.4. The van der Waals surface area contributed by atoms with Crippen LogP contribution in [0.2, 0.25) is 5.02 Å². The summed E-state index contributed by atoms with van der Waals surface area (Å²) in [6.45, 7) is 4.53. The summed E-state index contributed by atoms with van der Waals surface area (Å²) in [5.74, 6) is 0.227. The number of nitrogens with zero attached hydrogens (tertiary/aromatic N) is 1. The Morgan fingerprint density at radius 3 is 2.83 bits per heavy atom. The van der Waals surface area contributed by atoms with Crippen molar-refractivity contribution >= 4 is 39.1 Å². The number of hydrogen-bond acceptors (Lipinski definition) is 3. The Bertz CT molecular complexity index is 449. The van der Waals surface area contributed by atoms with Crippen molar-refractivity contribution < 1.29 is 5.21 Å². The second kappa shape index (κ2) is 6.29. The molecule has 0 fully saturated rings. The number of rotatable bonds is 5. The molecule has 1 rings (SSSR count). The maximum Gasteiger partial charge on any atom is 0.144 e. The van der Waals surface area contributed by atoms with Crippen LogP contribution >= 0.6 is 27.5 Å². The first-order chi connectivity index (χ1) is 8.36. The van der Waals surface area contributed by atoms with Crippen LogP contribution in [0.15, 0.2) is 27.8 Å². The Hall–Kier alpha value is -0.940. The lowest BCUT2D eigenvalue weighted by Crippen LogP contribution is -2.33. The fourth-order valence-corrected chi connectivity index (χ4v) is 1.95. The minimum atomic E-state index is -0.361. The van der Waals surface area contributed by atoms with Crippen molar-refractivity contribution in [2.75, 3.05) is 11.9 Å². The molecule has 0 saturated carbocycles. The van der Waals surface area contributed by atoms with Gasteiger partial charge < -0.3 is 16.3 Å². The first kappa shape index (κ1) is 15.1. The minimum absolute atomic E-state index is 0.227. The number of nitrogens with two attached hydrogens (primary N) is 1. The molecule has 0 aliphatic rings. The number of nitrogens with one attached hydrogen (secondary N) is 1. The Balaban J connectivity index is 2.59. The molecule has 0 bridgehead atoms. The Labute approximate surface area is 120 Å². The lowest BCUT2D eigenvalue weighted by Gasteiger charge is -2.23. The number of halogens is 2. The minimum Gasteiger partial charge on any atom is -0.409 e. The van der Waals surface area contributed by atoms with Gasteiger partial charge in [0, 0.05) is 16.4 Å². The first-order valence-electron chi connectivity index (χ1n) is 5.54. The highest BCUT2D eigenvalue weighted by atomic mass is 79.9. The Morgan fingerprint density at radius 2 is 2.22 bits per heavy atom. The summed E-state index contributed by atoms with van der Waals surface area (Å²) < 4.78 is 0.963. The van der Waals surface area contributed by atoms with Gasteiger partial charge in [0.15, 0.2) is 0 Å². The Kier molecular flexibility index (Phi) is 5.28. The Morgan fingerprint density at radius 1 is 1.56 bits per heavy atom. The second-order valence-corrected chi connectivity index (χ2v) is 5.99. The van der Waals surface area contributed by atoms with Gasteiger partial charge in [-0.15, -0.1) is 0 Å². The third-order valence-corrected chi connectivity index (χ3v) is 3.62. The monoisotopic (exact) mass is 333 g/mol. The van der Waals surface area contributed by atoms with E-state index in [1.54, 1.807) is 0 Å². The average molecular weight is 335 g/mol. The fraction of sp³-hybridized carbons (Fsp3) is 0.417. The van der Waals surface area contributed by atoms with Gasteiger partial charge in [0.05, 0.1) is 10.7 Å². The van der Waals surface area contributed by atoms with Crippen LogP contribution in [0.5, 0.6) is 0 Å². The molecule has 0 atom stereocenters. The van der Waals surface area contributed by atoms with Crippen LogP contribution in [0.25, 0.3) is 0 Å². The zero-order valence-corrected chi connectivity index (χ0v) is 12.7. The molecule has 0 saturated heterocycles. The molecule has 0 spiro atoms. The van der Waals surface area contributed by atoms with Crippen molar-refractivity contribution in [2.45, 2.75) is 20.3 Å². The molecular formula is C12H17BrClN3O. The first-order valence-corrected chi connectivity index (χ1v) is 6.71. The zero-order chi connectivity index (χ0) is 13.8. The third kappa shape index (κ3) is 4.07. The quantitative estimate of drug-likeness (QED) is 0.333. The van der Waals surface area contributed by atoms with Gasteiger partial charge in [0.1, 0.15) is 5.84 Å². The van der Waals surface area contributed by atoms with E-state index >= 15 is 0 Å². The van der Waals surface area contributed by atoms with E-state index in [9.17, 15) is 0 Å². The third-order valence-electron chi connectivity index (χ3n) is 2.79. The highest BCUT2D eigenvalue weighted by Crippen LogP contribution is 2.27. The summed E-state index contributed by atoms with van der Waals surface area (Å²) >= 11 is 9.46. The van der Waals surface area contributed by atoms with Gasteiger partial charge in [-0.05, 0) is 24.6 Å². The number of benzene rings is 1. The van der Waals surface area contributed by atoms with Crippen molar-refractivity contribution in [1.82, 2.24) is 0 Å². The summed E-state index contributed by atoms with van der Waals surface area (Å²) in [6, 6.07) is 5.62. The molecular weight excluding hydrogens is 318 g/mol. The van der Waals surface area contributed by atoms with Gasteiger partial charge in [-0.25, -0.2) is 0 Å². The van der Waals surface area contributed by atoms with Crippen molar-refractivity contribution in [3.8, 4) is 0 Å². The molecule has 0 aliphatic carbocycles.